The summed E-state index contributed by atoms with van der Waals surface area (Å²) >= 11 is 3.39. The zero-order chi connectivity index (χ0) is 10.1. The van der Waals surface area contributed by atoms with Crippen LogP contribution in [0.15, 0.2) is 40.9 Å². The number of rotatable bonds is 1. The molecule has 0 aliphatic carbocycles. The van der Waals surface area contributed by atoms with E-state index >= 15 is 0 Å². The second-order valence-corrected chi connectivity index (χ2v) is 3.80. The molecule has 0 spiro atoms. The molecular formula is C11H7AlBrO2. The van der Waals surface area contributed by atoms with E-state index in [9.17, 15) is 4.79 Å². The monoisotopic (exact) mass is 277 g/mol. The van der Waals surface area contributed by atoms with E-state index in [1.165, 1.54) is 0 Å². The molecule has 0 aliphatic rings. The number of carbonyl (C=O) groups is 1. The van der Waals surface area contributed by atoms with Crippen molar-refractivity contribution in [2.24, 2.45) is 0 Å². The second kappa shape index (κ2) is 4.80. The van der Waals surface area contributed by atoms with Gasteiger partial charge >= 0.3 is 5.97 Å². The van der Waals surface area contributed by atoms with Crippen LogP contribution in [-0.2, 0) is 0 Å². The van der Waals surface area contributed by atoms with Crippen LogP contribution in [-0.4, -0.2) is 28.4 Å². The van der Waals surface area contributed by atoms with Crippen molar-refractivity contribution in [2.75, 3.05) is 0 Å². The summed E-state index contributed by atoms with van der Waals surface area (Å²) in [6.07, 6.45) is 0. The first-order chi connectivity index (χ1) is 6.70. The zero-order valence-electron chi connectivity index (χ0n) is 7.77. The van der Waals surface area contributed by atoms with Crippen LogP contribution in [0.2, 0.25) is 0 Å². The van der Waals surface area contributed by atoms with Crippen LogP contribution in [0.4, 0.5) is 0 Å². The van der Waals surface area contributed by atoms with Gasteiger partial charge in [-0.05, 0) is 22.9 Å². The molecule has 0 saturated carbocycles. The van der Waals surface area contributed by atoms with Gasteiger partial charge in [0, 0.05) is 21.8 Å². The molecule has 2 nitrogen and oxygen atoms in total. The molecular weight excluding hydrogens is 271 g/mol. The van der Waals surface area contributed by atoms with Gasteiger partial charge in [0.15, 0.2) is 0 Å². The maximum atomic E-state index is 10.9. The van der Waals surface area contributed by atoms with Crippen molar-refractivity contribution in [3.63, 3.8) is 0 Å². The smallest absolute Gasteiger partial charge is 0.336 e. The Morgan fingerprint density at radius 2 is 1.67 bits per heavy atom. The molecule has 73 valence electrons. The highest BCUT2D eigenvalue weighted by molar-refractivity contribution is 9.10. The van der Waals surface area contributed by atoms with Crippen LogP contribution in [0.3, 0.4) is 0 Å². The lowest BCUT2D eigenvalue weighted by Gasteiger charge is -2.03. The van der Waals surface area contributed by atoms with Gasteiger partial charge in [0.25, 0.3) is 0 Å². The lowest BCUT2D eigenvalue weighted by Crippen LogP contribution is -1.97. The average Bonchev–Trinajstić information content (AvgIpc) is 2.18. The maximum Gasteiger partial charge on any atom is 0.336 e. The van der Waals surface area contributed by atoms with Crippen LogP contribution >= 0.6 is 15.9 Å². The largest absolute Gasteiger partial charge is 0.478 e. The van der Waals surface area contributed by atoms with Crippen molar-refractivity contribution in [1.29, 1.82) is 0 Å². The van der Waals surface area contributed by atoms with E-state index in [1.807, 2.05) is 24.3 Å². The normalized spacial score (nSPS) is 9.67. The van der Waals surface area contributed by atoms with Crippen LogP contribution in [0.25, 0.3) is 10.8 Å². The van der Waals surface area contributed by atoms with Crippen molar-refractivity contribution >= 4 is 50.0 Å². The summed E-state index contributed by atoms with van der Waals surface area (Å²) in [7, 11) is 0. The highest BCUT2D eigenvalue weighted by atomic mass is 79.9. The quantitative estimate of drug-likeness (QED) is 0.814. The van der Waals surface area contributed by atoms with Gasteiger partial charge in [0.2, 0.25) is 0 Å². The molecule has 2 rings (SSSR count). The Morgan fingerprint density at radius 3 is 2.27 bits per heavy atom. The highest BCUT2D eigenvalue weighted by Crippen LogP contribution is 2.26. The number of fused-ring (bicyclic) bond motifs is 1. The molecule has 0 fully saturated rings. The molecule has 0 atom stereocenters. The van der Waals surface area contributed by atoms with E-state index in [4.69, 9.17) is 5.11 Å². The summed E-state index contributed by atoms with van der Waals surface area (Å²) in [6.45, 7) is 0. The fraction of sp³-hybridized carbons (Fsp3) is 0. The summed E-state index contributed by atoms with van der Waals surface area (Å²) in [5.41, 5.74) is 0.337. The molecule has 2 aromatic rings. The number of carboxylic acids is 1. The van der Waals surface area contributed by atoms with E-state index < -0.39 is 5.97 Å². The predicted octanol–water partition coefficient (Wildman–Crippen LogP) is 2.92. The Hall–Kier alpha value is -0.818. The minimum Gasteiger partial charge on any atom is -0.478 e. The van der Waals surface area contributed by atoms with Crippen molar-refractivity contribution in [1.82, 2.24) is 0 Å². The molecule has 0 heterocycles. The fourth-order valence-corrected chi connectivity index (χ4v) is 1.93. The Bertz CT molecular complexity index is 511. The lowest BCUT2D eigenvalue weighted by molar-refractivity contribution is 0.0699. The zero-order valence-corrected chi connectivity index (χ0v) is 10.5. The third kappa shape index (κ3) is 2.23. The predicted molar refractivity (Wildman–Crippen MR) is 64.4 cm³/mol. The molecule has 4 heteroatoms. The molecule has 0 amide bonds. The van der Waals surface area contributed by atoms with Crippen LogP contribution in [0.5, 0.6) is 0 Å². The van der Waals surface area contributed by atoms with Gasteiger partial charge in [-0.25, -0.2) is 4.79 Å². The number of aromatic carboxylic acids is 1. The Labute approximate surface area is 106 Å². The molecule has 1 N–H and O–H groups in total. The van der Waals surface area contributed by atoms with Crippen LogP contribution < -0.4 is 0 Å². The fourth-order valence-electron chi connectivity index (χ4n) is 1.45. The SMILES string of the molecule is O=C(O)c1ccc(Br)c2ccccc12.[Al]. The van der Waals surface area contributed by atoms with Gasteiger partial charge in [-0.2, -0.15) is 0 Å². The molecule has 15 heavy (non-hydrogen) atoms. The number of halogens is 1. The average molecular weight is 278 g/mol. The topological polar surface area (TPSA) is 37.3 Å². The summed E-state index contributed by atoms with van der Waals surface area (Å²) in [4.78, 5) is 10.9. The Kier molecular flexibility index (Phi) is 3.92. The minimum absolute atomic E-state index is 0. The number of benzene rings is 2. The summed E-state index contributed by atoms with van der Waals surface area (Å²) in [5, 5.41) is 10.6. The molecule has 0 aliphatic heterocycles. The summed E-state index contributed by atoms with van der Waals surface area (Å²) < 4.78 is 0.915. The first-order valence-electron chi connectivity index (χ1n) is 4.10. The Balaban J connectivity index is 0.00000112. The van der Waals surface area contributed by atoms with Gasteiger partial charge in [0.1, 0.15) is 0 Å². The highest BCUT2D eigenvalue weighted by Gasteiger charge is 2.08. The van der Waals surface area contributed by atoms with Gasteiger partial charge in [-0.1, -0.05) is 40.2 Å². The van der Waals surface area contributed by atoms with E-state index in [0.29, 0.717) is 5.56 Å². The first-order valence-corrected chi connectivity index (χ1v) is 4.90. The van der Waals surface area contributed by atoms with E-state index in [0.717, 1.165) is 15.2 Å². The van der Waals surface area contributed by atoms with Crippen molar-refractivity contribution in [2.45, 2.75) is 0 Å². The minimum atomic E-state index is -0.895. The van der Waals surface area contributed by atoms with E-state index in [1.54, 1.807) is 12.1 Å². The summed E-state index contributed by atoms with van der Waals surface area (Å²) in [5.74, 6) is -0.895. The van der Waals surface area contributed by atoms with Gasteiger partial charge < -0.3 is 5.11 Å². The van der Waals surface area contributed by atoms with Crippen LogP contribution in [0, 0.1) is 0 Å². The van der Waals surface area contributed by atoms with Gasteiger partial charge in [-0.3, -0.25) is 0 Å². The second-order valence-electron chi connectivity index (χ2n) is 2.95. The number of carboxylic acid groups (broad SMARTS) is 1. The lowest BCUT2D eigenvalue weighted by atomic mass is 10.1. The maximum absolute atomic E-state index is 10.9. The van der Waals surface area contributed by atoms with E-state index in [2.05, 4.69) is 15.9 Å². The number of hydrogen-bond donors (Lipinski definition) is 1. The number of hydrogen-bond acceptors (Lipinski definition) is 1. The molecule has 3 radical (unpaired) electrons. The third-order valence-electron chi connectivity index (χ3n) is 2.10. The van der Waals surface area contributed by atoms with Gasteiger partial charge in [0.05, 0.1) is 5.56 Å². The van der Waals surface area contributed by atoms with Crippen LogP contribution in [0.1, 0.15) is 10.4 Å². The van der Waals surface area contributed by atoms with Gasteiger partial charge in [-0.15, -0.1) is 0 Å². The molecule has 0 bridgehead atoms. The van der Waals surface area contributed by atoms with E-state index in [-0.39, 0.29) is 17.4 Å². The molecule has 0 aromatic heterocycles. The molecule has 0 saturated heterocycles. The summed E-state index contributed by atoms with van der Waals surface area (Å²) in [6, 6.07) is 10.8. The first kappa shape index (κ1) is 12.3. The van der Waals surface area contributed by atoms with Crippen molar-refractivity contribution < 1.29 is 9.90 Å². The molecule has 0 unspecified atom stereocenters. The van der Waals surface area contributed by atoms with Crippen molar-refractivity contribution in [3.05, 3.63) is 46.4 Å². The molecule has 2 aromatic carbocycles. The standard InChI is InChI=1S/C11H7BrO2.Al/c12-10-6-5-9(11(13)14)7-3-1-2-4-8(7)10;/h1-6H,(H,13,14);. The third-order valence-corrected chi connectivity index (χ3v) is 2.79. The Morgan fingerprint density at radius 1 is 1.07 bits per heavy atom. The van der Waals surface area contributed by atoms with Crippen molar-refractivity contribution in [3.8, 4) is 0 Å².